The van der Waals surface area contributed by atoms with Gasteiger partial charge in [-0.25, -0.2) is 9.98 Å². The molecule has 6 rings (SSSR count). The quantitative estimate of drug-likeness (QED) is 0.612. The number of ether oxygens (including phenoxy) is 1. The van der Waals surface area contributed by atoms with Gasteiger partial charge in [0.25, 0.3) is 0 Å². The standard InChI is InChI=1S/C26H35N7O/c1-2-18-15-22(27-16-23-29-20-9-5-6-10-21(20)30-23)24-26(31-25(18)32-11-13-34-14-12-32)33(17-28-24)19-7-3-4-8-19/h5-6,9-10,19,27-28H,2-4,7-8,11-17H2,1H3,(H,29,30). The van der Waals surface area contributed by atoms with E-state index in [2.05, 4.69) is 44.5 Å². The van der Waals surface area contributed by atoms with E-state index in [0.717, 1.165) is 80.0 Å². The number of hydrogen-bond donors (Lipinski definition) is 3. The number of nitrogens with zero attached hydrogens (tertiary/aromatic N) is 4. The third-order valence-corrected chi connectivity index (χ3v) is 7.55. The molecule has 1 saturated carbocycles. The molecule has 0 bridgehead atoms. The molecule has 0 unspecified atom stereocenters. The molecule has 3 N–H and O–H groups in total. The monoisotopic (exact) mass is 461 g/mol. The molecular weight excluding hydrogens is 426 g/mol. The summed E-state index contributed by atoms with van der Waals surface area (Å²) >= 11 is 0. The number of fused-ring (bicyclic) bond motifs is 2. The number of aliphatic imine (C=N–C) groups is 1. The first-order valence-electron chi connectivity index (χ1n) is 12.8. The number of allylic oxidation sites excluding steroid dienone is 1. The number of rotatable bonds is 6. The fourth-order valence-corrected chi connectivity index (χ4v) is 5.68. The van der Waals surface area contributed by atoms with E-state index < -0.39 is 0 Å². The summed E-state index contributed by atoms with van der Waals surface area (Å²) in [6.45, 7) is 7.11. The van der Waals surface area contributed by atoms with Crippen molar-refractivity contribution in [3.63, 3.8) is 0 Å². The van der Waals surface area contributed by atoms with E-state index in [-0.39, 0.29) is 0 Å². The molecule has 0 spiro atoms. The molecule has 4 heterocycles. The minimum atomic E-state index is 0.578. The molecule has 180 valence electrons. The first-order chi connectivity index (χ1) is 16.8. The zero-order valence-corrected chi connectivity index (χ0v) is 20.1. The van der Waals surface area contributed by atoms with E-state index >= 15 is 0 Å². The summed E-state index contributed by atoms with van der Waals surface area (Å²) < 4.78 is 5.64. The fourth-order valence-electron chi connectivity index (χ4n) is 5.68. The zero-order valence-electron chi connectivity index (χ0n) is 20.1. The SMILES string of the molecule is CCC1=C(N2CCOCC2)N=C2C(=C(NCc3nc4ccccc4[nH]3)C1)NCN2C1CCCC1. The Balaban J connectivity index is 1.34. The van der Waals surface area contributed by atoms with Crippen LogP contribution in [0.1, 0.15) is 51.3 Å². The number of aromatic amines is 1. The minimum absolute atomic E-state index is 0.578. The molecule has 3 fully saturated rings. The molecule has 0 radical (unpaired) electrons. The van der Waals surface area contributed by atoms with Gasteiger partial charge in [0.1, 0.15) is 11.6 Å². The maximum absolute atomic E-state index is 5.64. The van der Waals surface area contributed by atoms with Crippen molar-refractivity contribution in [2.75, 3.05) is 33.0 Å². The number of aromatic nitrogens is 2. The van der Waals surface area contributed by atoms with E-state index in [0.29, 0.717) is 12.6 Å². The van der Waals surface area contributed by atoms with Gasteiger partial charge in [-0.05, 0) is 37.0 Å². The molecule has 4 aliphatic rings. The molecule has 0 amide bonds. The van der Waals surface area contributed by atoms with Gasteiger partial charge in [-0.3, -0.25) is 0 Å². The van der Waals surface area contributed by atoms with Crippen LogP contribution in [0, 0.1) is 0 Å². The van der Waals surface area contributed by atoms with E-state index in [4.69, 9.17) is 14.7 Å². The Morgan fingerprint density at radius 3 is 2.76 bits per heavy atom. The predicted molar refractivity (Wildman–Crippen MR) is 134 cm³/mol. The summed E-state index contributed by atoms with van der Waals surface area (Å²) in [5, 5.41) is 7.47. The topological polar surface area (TPSA) is 80.8 Å². The lowest BCUT2D eigenvalue weighted by atomic mass is 10.1. The Bertz CT molecular complexity index is 1100. The van der Waals surface area contributed by atoms with Crippen molar-refractivity contribution in [3.8, 4) is 0 Å². The van der Waals surface area contributed by atoms with Crippen molar-refractivity contribution in [2.24, 2.45) is 4.99 Å². The van der Waals surface area contributed by atoms with Crippen LogP contribution in [0.4, 0.5) is 0 Å². The number of nitrogens with one attached hydrogen (secondary N) is 3. The minimum Gasteiger partial charge on any atom is -0.379 e. The zero-order chi connectivity index (χ0) is 22.9. The van der Waals surface area contributed by atoms with Crippen molar-refractivity contribution in [1.82, 2.24) is 30.4 Å². The largest absolute Gasteiger partial charge is 0.379 e. The van der Waals surface area contributed by atoms with Crippen LogP contribution in [0.25, 0.3) is 11.0 Å². The molecule has 1 aromatic heterocycles. The van der Waals surface area contributed by atoms with Crippen LogP contribution in [0.5, 0.6) is 0 Å². The number of H-pyrrole nitrogens is 1. The highest BCUT2D eigenvalue weighted by Gasteiger charge is 2.36. The van der Waals surface area contributed by atoms with Gasteiger partial charge >= 0.3 is 0 Å². The van der Waals surface area contributed by atoms with E-state index in [1.807, 2.05) is 12.1 Å². The highest BCUT2D eigenvalue weighted by Crippen LogP contribution is 2.33. The lowest BCUT2D eigenvalue weighted by Crippen LogP contribution is -2.38. The predicted octanol–water partition coefficient (Wildman–Crippen LogP) is 3.43. The second-order valence-electron chi connectivity index (χ2n) is 9.64. The summed E-state index contributed by atoms with van der Waals surface area (Å²) in [4.78, 5) is 18.6. The molecule has 34 heavy (non-hydrogen) atoms. The molecule has 8 heteroatoms. The highest BCUT2D eigenvalue weighted by molar-refractivity contribution is 6.01. The summed E-state index contributed by atoms with van der Waals surface area (Å²) in [7, 11) is 0. The maximum atomic E-state index is 5.64. The van der Waals surface area contributed by atoms with Crippen molar-refractivity contribution < 1.29 is 4.74 Å². The first-order valence-corrected chi connectivity index (χ1v) is 12.8. The van der Waals surface area contributed by atoms with Gasteiger partial charge in [0.05, 0.1) is 43.2 Å². The van der Waals surface area contributed by atoms with Gasteiger partial charge in [-0.2, -0.15) is 0 Å². The van der Waals surface area contributed by atoms with Gasteiger partial charge in [0, 0.05) is 31.2 Å². The van der Waals surface area contributed by atoms with Crippen molar-refractivity contribution in [2.45, 2.75) is 58.0 Å². The molecular formula is C26H35N7O. The van der Waals surface area contributed by atoms with Crippen LogP contribution >= 0.6 is 0 Å². The van der Waals surface area contributed by atoms with E-state index in [1.54, 1.807) is 0 Å². The van der Waals surface area contributed by atoms with Gasteiger partial charge in [0.2, 0.25) is 0 Å². The van der Waals surface area contributed by atoms with Crippen LogP contribution in [0.15, 0.2) is 52.0 Å². The highest BCUT2D eigenvalue weighted by atomic mass is 16.5. The summed E-state index contributed by atoms with van der Waals surface area (Å²) in [6.07, 6.45) is 7.00. The maximum Gasteiger partial charge on any atom is 0.157 e. The number of amidine groups is 1. The number of para-hydroxylation sites is 2. The van der Waals surface area contributed by atoms with E-state index in [1.165, 1.54) is 37.0 Å². The molecule has 8 nitrogen and oxygen atoms in total. The Labute approximate surface area is 201 Å². The molecule has 1 aliphatic carbocycles. The number of morpholine rings is 1. The van der Waals surface area contributed by atoms with Crippen LogP contribution < -0.4 is 10.6 Å². The third-order valence-electron chi connectivity index (χ3n) is 7.55. The third kappa shape index (κ3) is 4.04. The number of benzene rings is 1. The first kappa shape index (κ1) is 21.5. The Morgan fingerprint density at radius 1 is 1.15 bits per heavy atom. The van der Waals surface area contributed by atoms with Crippen LogP contribution in [-0.4, -0.2) is 64.6 Å². The van der Waals surface area contributed by atoms with Gasteiger partial charge in [-0.1, -0.05) is 31.9 Å². The summed E-state index contributed by atoms with van der Waals surface area (Å²) in [5.74, 6) is 3.23. The molecule has 2 saturated heterocycles. The summed E-state index contributed by atoms with van der Waals surface area (Å²) in [6, 6.07) is 8.79. The lowest BCUT2D eigenvalue weighted by Gasteiger charge is -2.31. The Hall–Kier alpha value is -3.00. The van der Waals surface area contributed by atoms with Gasteiger partial charge in [0.15, 0.2) is 5.84 Å². The fraction of sp³-hybridized carbons (Fsp3) is 0.538. The number of hydrogen-bond acceptors (Lipinski definition) is 7. The molecule has 0 atom stereocenters. The van der Waals surface area contributed by atoms with Crippen LogP contribution in [-0.2, 0) is 11.3 Å². The van der Waals surface area contributed by atoms with Gasteiger partial charge < -0.3 is 30.2 Å². The molecule has 3 aliphatic heterocycles. The van der Waals surface area contributed by atoms with Crippen molar-refractivity contribution in [3.05, 3.63) is 52.9 Å². The van der Waals surface area contributed by atoms with E-state index in [9.17, 15) is 0 Å². The van der Waals surface area contributed by atoms with Crippen LogP contribution in [0.3, 0.4) is 0 Å². The smallest absolute Gasteiger partial charge is 0.157 e. The molecule has 2 aromatic rings. The Morgan fingerprint density at radius 2 is 1.97 bits per heavy atom. The molecule has 1 aromatic carbocycles. The Kier molecular flexibility index (Phi) is 5.91. The lowest BCUT2D eigenvalue weighted by molar-refractivity contribution is 0.0524. The van der Waals surface area contributed by atoms with Crippen molar-refractivity contribution in [1.29, 1.82) is 0 Å². The number of imidazole rings is 1. The average Bonchev–Trinajstić information content (AvgIpc) is 3.61. The average molecular weight is 462 g/mol. The second-order valence-corrected chi connectivity index (χ2v) is 9.64. The van der Waals surface area contributed by atoms with Crippen molar-refractivity contribution >= 4 is 16.9 Å². The normalized spacial score (nSPS) is 21.7. The summed E-state index contributed by atoms with van der Waals surface area (Å²) in [5.41, 5.74) is 5.86. The van der Waals surface area contributed by atoms with Gasteiger partial charge in [-0.15, -0.1) is 0 Å². The second kappa shape index (κ2) is 9.33. The van der Waals surface area contributed by atoms with Crippen LogP contribution in [0.2, 0.25) is 0 Å².